The highest BCUT2D eigenvalue weighted by Gasteiger charge is 2.31. The third kappa shape index (κ3) is 42.1. The lowest BCUT2D eigenvalue weighted by atomic mass is 10.1. The van der Waals surface area contributed by atoms with Crippen molar-refractivity contribution >= 4 is 17.9 Å². The number of quaternary nitrogens is 1. The molecule has 8 heteroatoms. The van der Waals surface area contributed by atoms with Crippen LogP contribution in [0.1, 0.15) is 206 Å². The van der Waals surface area contributed by atoms with Crippen LogP contribution < -0.4 is 0 Å². The first-order valence-corrected chi connectivity index (χ1v) is 24.8. The largest absolute Gasteiger partial charge is 0.477 e. The molecule has 0 saturated heterocycles. The van der Waals surface area contributed by atoms with Gasteiger partial charge in [0.2, 0.25) is 0 Å². The van der Waals surface area contributed by atoms with Crippen molar-refractivity contribution in [2.75, 3.05) is 41.0 Å². The average Bonchev–Trinajstić information content (AvgIpc) is 3.22. The van der Waals surface area contributed by atoms with E-state index in [0.717, 1.165) is 83.5 Å². The van der Waals surface area contributed by atoms with Crippen LogP contribution in [0.25, 0.3) is 0 Å². The Labute approximate surface area is 375 Å². The Kier molecular flexibility index (Phi) is 41.5. The molecule has 1 N–H and O–H groups in total. The summed E-state index contributed by atoms with van der Waals surface area (Å²) in [6.07, 6.45) is 54.1. The third-order valence-electron chi connectivity index (χ3n) is 10.9. The fourth-order valence-corrected chi connectivity index (χ4v) is 7.10. The van der Waals surface area contributed by atoms with Crippen molar-refractivity contribution in [3.63, 3.8) is 0 Å². The smallest absolute Gasteiger partial charge is 0.362 e. The van der Waals surface area contributed by atoms with E-state index in [0.29, 0.717) is 19.3 Å². The summed E-state index contributed by atoms with van der Waals surface area (Å²) in [6.45, 7) is 4.61. The minimum atomic E-state index is -0.879. The Morgan fingerprint density at radius 2 is 0.967 bits per heavy atom. The maximum atomic E-state index is 12.8. The summed E-state index contributed by atoms with van der Waals surface area (Å²) >= 11 is 0. The van der Waals surface area contributed by atoms with E-state index in [-0.39, 0.29) is 36.2 Å². The standard InChI is InChI=1S/C53H93NO7/c1-6-8-10-12-14-16-18-20-22-24-26-28-30-32-34-36-38-40-42-44-52(56)61-49(47-59-46-45-50(53(57)58)54(3,4)5)48-60-51(55)43-41-39-37-35-33-31-29-27-25-23-21-19-17-15-13-11-9-7-2/h8,10,14,16,20,22-23,25,27,29,49-50H,6-7,9,11-13,15,17-19,21,24,26,28,30-48H2,1-5H3/p+1/b10-8+,16-14+,22-20+,25-23+,29-27+. The number of nitrogens with zero attached hydrogens (tertiary/aromatic N) is 1. The number of esters is 2. The Balaban J connectivity index is 4.31. The van der Waals surface area contributed by atoms with Gasteiger partial charge in [0.1, 0.15) is 6.61 Å². The second-order valence-corrected chi connectivity index (χ2v) is 17.7. The highest BCUT2D eigenvalue weighted by atomic mass is 16.6. The van der Waals surface area contributed by atoms with E-state index in [2.05, 4.69) is 74.6 Å². The summed E-state index contributed by atoms with van der Waals surface area (Å²) in [5, 5.41) is 9.65. The van der Waals surface area contributed by atoms with Crippen molar-refractivity contribution in [2.24, 2.45) is 0 Å². The molecule has 0 aromatic heterocycles. The number of ether oxygens (including phenoxy) is 3. The number of likely N-dealkylation sites (N-methyl/N-ethyl adjacent to an activating group) is 1. The van der Waals surface area contributed by atoms with E-state index < -0.39 is 18.1 Å². The summed E-state index contributed by atoms with van der Waals surface area (Å²) in [4.78, 5) is 37.1. The summed E-state index contributed by atoms with van der Waals surface area (Å²) in [5.74, 6) is -1.49. The molecule has 0 aliphatic heterocycles. The molecule has 0 bridgehead atoms. The number of hydrogen-bond acceptors (Lipinski definition) is 6. The van der Waals surface area contributed by atoms with E-state index in [1.807, 2.05) is 21.1 Å². The van der Waals surface area contributed by atoms with Gasteiger partial charge in [-0.15, -0.1) is 0 Å². The quantitative estimate of drug-likeness (QED) is 0.0214. The maximum Gasteiger partial charge on any atom is 0.362 e. The molecule has 0 aromatic carbocycles. The van der Waals surface area contributed by atoms with E-state index in [1.165, 1.54) is 89.9 Å². The Morgan fingerprint density at radius 3 is 1.46 bits per heavy atom. The number of carbonyl (C=O) groups is 3. The van der Waals surface area contributed by atoms with Crippen LogP contribution in [-0.2, 0) is 28.6 Å². The predicted molar refractivity (Wildman–Crippen MR) is 257 cm³/mol. The number of carboxylic acid groups (broad SMARTS) is 1. The minimum Gasteiger partial charge on any atom is -0.477 e. The second-order valence-electron chi connectivity index (χ2n) is 17.7. The van der Waals surface area contributed by atoms with Gasteiger partial charge in [-0.1, -0.05) is 177 Å². The number of allylic oxidation sites excluding steroid dienone is 10. The van der Waals surface area contributed by atoms with Crippen LogP contribution >= 0.6 is 0 Å². The van der Waals surface area contributed by atoms with Gasteiger partial charge in [-0.3, -0.25) is 9.59 Å². The van der Waals surface area contributed by atoms with Crippen LogP contribution in [0.4, 0.5) is 0 Å². The van der Waals surface area contributed by atoms with Crippen molar-refractivity contribution < 1.29 is 38.2 Å². The monoisotopic (exact) mass is 857 g/mol. The number of carboxylic acids is 1. The molecule has 2 atom stereocenters. The number of rotatable bonds is 44. The minimum absolute atomic E-state index is 0.0523. The molecule has 2 unspecified atom stereocenters. The molecular weight excluding hydrogens is 763 g/mol. The van der Waals surface area contributed by atoms with Crippen LogP contribution in [0.2, 0.25) is 0 Å². The molecule has 8 nitrogen and oxygen atoms in total. The zero-order valence-corrected chi connectivity index (χ0v) is 40.1. The second kappa shape index (κ2) is 43.7. The number of carbonyl (C=O) groups excluding carboxylic acids is 2. The first-order chi connectivity index (χ1) is 29.6. The molecule has 0 amide bonds. The van der Waals surface area contributed by atoms with Crippen LogP contribution in [0, 0.1) is 0 Å². The summed E-state index contributed by atoms with van der Waals surface area (Å²) < 4.78 is 17.3. The van der Waals surface area contributed by atoms with Crippen LogP contribution in [0.3, 0.4) is 0 Å². The molecule has 0 radical (unpaired) electrons. The van der Waals surface area contributed by atoms with E-state index in [9.17, 15) is 19.5 Å². The van der Waals surface area contributed by atoms with E-state index >= 15 is 0 Å². The SMILES string of the molecule is CC/C=C/C/C=C/C/C=C/CCCCCCCCCCCC(=O)OC(COCCC(C(=O)O)[N+](C)(C)C)COC(=O)CCCCCCC/C=C/C=C/CCCCCCCCC. The lowest BCUT2D eigenvalue weighted by molar-refractivity contribution is -0.887. The van der Waals surface area contributed by atoms with E-state index in [4.69, 9.17) is 14.2 Å². The van der Waals surface area contributed by atoms with E-state index in [1.54, 1.807) is 0 Å². The van der Waals surface area contributed by atoms with Crippen molar-refractivity contribution in [3.8, 4) is 0 Å². The first kappa shape index (κ1) is 58.0. The predicted octanol–water partition coefficient (Wildman–Crippen LogP) is 14.1. The van der Waals surface area contributed by atoms with Gasteiger partial charge >= 0.3 is 17.9 Å². The van der Waals surface area contributed by atoms with Gasteiger partial charge in [0.15, 0.2) is 12.1 Å². The number of hydrogen-bond donors (Lipinski definition) is 1. The van der Waals surface area contributed by atoms with Crippen molar-refractivity contribution in [2.45, 2.75) is 219 Å². The Hall–Kier alpha value is -2.97. The summed E-state index contributed by atoms with van der Waals surface area (Å²) in [5.41, 5.74) is 0. The topological polar surface area (TPSA) is 99.1 Å². The molecule has 352 valence electrons. The van der Waals surface area contributed by atoms with Crippen molar-refractivity contribution in [1.82, 2.24) is 0 Å². The van der Waals surface area contributed by atoms with Crippen LogP contribution in [0.5, 0.6) is 0 Å². The highest BCUT2D eigenvalue weighted by Crippen LogP contribution is 2.15. The Morgan fingerprint density at radius 1 is 0.525 bits per heavy atom. The van der Waals surface area contributed by atoms with Gasteiger partial charge in [0, 0.05) is 19.3 Å². The van der Waals surface area contributed by atoms with Gasteiger partial charge < -0.3 is 23.8 Å². The molecule has 0 aliphatic carbocycles. The fraction of sp³-hybridized carbons (Fsp3) is 0.755. The lowest BCUT2D eigenvalue weighted by Gasteiger charge is -2.31. The molecule has 0 rings (SSSR count). The zero-order chi connectivity index (χ0) is 44.9. The molecule has 0 aromatic rings. The molecule has 0 aliphatic rings. The molecule has 0 heterocycles. The zero-order valence-electron chi connectivity index (χ0n) is 40.1. The first-order valence-electron chi connectivity index (χ1n) is 24.8. The molecule has 0 fully saturated rings. The van der Waals surface area contributed by atoms with Crippen LogP contribution in [-0.4, -0.2) is 80.6 Å². The normalized spacial score (nSPS) is 13.4. The van der Waals surface area contributed by atoms with Crippen molar-refractivity contribution in [3.05, 3.63) is 60.8 Å². The molecule has 61 heavy (non-hydrogen) atoms. The fourth-order valence-electron chi connectivity index (χ4n) is 7.10. The van der Waals surface area contributed by atoms with Gasteiger partial charge in [0.05, 0.1) is 34.4 Å². The lowest BCUT2D eigenvalue weighted by Crippen LogP contribution is -2.50. The maximum absolute atomic E-state index is 12.8. The van der Waals surface area contributed by atoms with Crippen LogP contribution in [0.15, 0.2) is 60.8 Å². The Bertz CT molecular complexity index is 1180. The third-order valence-corrected chi connectivity index (χ3v) is 10.9. The molecule has 0 saturated carbocycles. The highest BCUT2D eigenvalue weighted by molar-refractivity contribution is 5.72. The number of unbranched alkanes of at least 4 members (excludes halogenated alkanes) is 21. The summed E-state index contributed by atoms with van der Waals surface area (Å²) in [6, 6.07) is -0.620. The molecule has 0 spiro atoms. The van der Waals surface area contributed by atoms with Gasteiger partial charge in [0.25, 0.3) is 0 Å². The van der Waals surface area contributed by atoms with Gasteiger partial charge in [-0.05, 0) is 70.6 Å². The van der Waals surface area contributed by atoms with Gasteiger partial charge in [-0.2, -0.15) is 0 Å². The molecular formula is C53H94NO7+. The van der Waals surface area contributed by atoms with Gasteiger partial charge in [-0.25, -0.2) is 4.79 Å². The average molecular weight is 857 g/mol. The summed E-state index contributed by atoms with van der Waals surface area (Å²) in [7, 11) is 5.52. The number of aliphatic carboxylic acids is 1. The van der Waals surface area contributed by atoms with Crippen molar-refractivity contribution in [1.29, 1.82) is 0 Å².